The van der Waals surface area contributed by atoms with Crippen molar-refractivity contribution >= 4 is 17.4 Å². The lowest BCUT2D eigenvalue weighted by molar-refractivity contribution is 0.0601. The van der Waals surface area contributed by atoms with E-state index in [1.807, 2.05) is 6.92 Å². The summed E-state index contributed by atoms with van der Waals surface area (Å²) in [5, 5.41) is 3.09. The van der Waals surface area contributed by atoms with Crippen molar-refractivity contribution in [3.63, 3.8) is 0 Å². The highest BCUT2D eigenvalue weighted by Gasteiger charge is 2.15. The number of nitrogens with zero attached hydrogens (tertiary/aromatic N) is 2. The SMILES string of the molecule is COC(=O)c1ccc(N=C(C)c2c(C)[nH]n(-c3ccc(OC)cc3)c2=O)cc1. The first-order valence-electron chi connectivity index (χ1n) is 8.64. The average molecular weight is 379 g/mol. The van der Waals surface area contributed by atoms with Gasteiger partial charge in [-0.3, -0.25) is 14.9 Å². The van der Waals surface area contributed by atoms with E-state index in [1.165, 1.54) is 11.8 Å². The van der Waals surface area contributed by atoms with E-state index in [0.717, 1.165) is 0 Å². The van der Waals surface area contributed by atoms with E-state index >= 15 is 0 Å². The highest BCUT2D eigenvalue weighted by atomic mass is 16.5. The molecule has 2 aromatic carbocycles. The van der Waals surface area contributed by atoms with Crippen LogP contribution in [0, 0.1) is 6.92 Å². The predicted molar refractivity (Wildman–Crippen MR) is 107 cm³/mol. The third kappa shape index (κ3) is 3.73. The van der Waals surface area contributed by atoms with Gasteiger partial charge in [-0.15, -0.1) is 0 Å². The first kappa shape index (κ1) is 19.2. The maximum absolute atomic E-state index is 12.9. The van der Waals surface area contributed by atoms with Crippen molar-refractivity contribution in [2.24, 2.45) is 4.99 Å². The molecule has 0 bridgehead atoms. The topological polar surface area (TPSA) is 85.7 Å². The molecule has 0 saturated heterocycles. The molecule has 0 saturated carbocycles. The minimum Gasteiger partial charge on any atom is -0.497 e. The Morgan fingerprint density at radius 1 is 1.04 bits per heavy atom. The Morgan fingerprint density at radius 2 is 1.68 bits per heavy atom. The molecule has 0 aliphatic rings. The van der Waals surface area contributed by atoms with Crippen LogP contribution in [0.25, 0.3) is 5.69 Å². The summed E-state index contributed by atoms with van der Waals surface area (Å²) in [4.78, 5) is 29.0. The molecule has 1 N–H and O–H groups in total. The summed E-state index contributed by atoms with van der Waals surface area (Å²) in [5.74, 6) is 0.310. The number of hydrogen-bond donors (Lipinski definition) is 1. The molecule has 0 atom stereocenters. The summed E-state index contributed by atoms with van der Waals surface area (Å²) in [6.07, 6.45) is 0. The van der Waals surface area contributed by atoms with Gasteiger partial charge >= 0.3 is 5.97 Å². The normalized spacial score (nSPS) is 11.4. The van der Waals surface area contributed by atoms with E-state index in [1.54, 1.807) is 62.6 Å². The molecular formula is C21H21N3O4. The molecule has 1 aromatic heterocycles. The zero-order valence-corrected chi connectivity index (χ0v) is 16.1. The summed E-state index contributed by atoms with van der Waals surface area (Å²) in [6.45, 7) is 3.61. The van der Waals surface area contributed by atoms with Crippen molar-refractivity contribution in [3.05, 3.63) is 75.7 Å². The lowest BCUT2D eigenvalue weighted by Gasteiger charge is -2.03. The second-order valence-electron chi connectivity index (χ2n) is 6.19. The first-order valence-corrected chi connectivity index (χ1v) is 8.64. The molecule has 0 aliphatic carbocycles. The molecule has 0 aliphatic heterocycles. The van der Waals surface area contributed by atoms with Gasteiger partial charge in [-0.05, 0) is 62.4 Å². The van der Waals surface area contributed by atoms with Gasteiger partial charge < -0.3 is 9.47 Å². The van der Waals surface area contributed by atoms with Crippen molar-refractivity contribution in [2.45, 2.75) is 13.8 Å². The molecule has 3 rings (SSSR count). The van der Waals surface area contributed by atoms with E-state index in [0.29, 0.717) is 39.7 Å². The van der Waals surface area contributed by atoms with Gasteiger partial charge in [0.1, 0.15) is 5.75 Å². The number of rotatable bonds is 5. The number of aromatic amines is 1. The molecule has 0 fully saturated rings. The number of benzene rings is 2. The van der Waals surface area contributed by atoms with Gasteiger partial charge in [-0.1, -0.05) is 0 Å². The minimum atomic E-state index is -0.406. The summed E-state index contributed by atoms with van der Waals surface area (Å²) in [5.41, 5.74) is 3.41. The van der Waals surface area contributed by atoms with Crippen LogP contribution in [0.15, 0.2) is 58.3 Å². The summed E-state index contributed by atoms with van der Waals surface area (Å²) >= 11 is 0. The molecule has 0 spiro atoms. The van der Waals surface area contributed by atoms with Crippen molar-refractivity contribution in [3.8, 4) is 11.4 Å². The van der Waals surface area contributed by atoms with Gasteiger partial charge in [-0.25, -0.2) is 9.48 Å². The lowest BCUT2D eigenvalue weighted by Crippen LogP contribution is -2.19. The Labute approximate surface area is 162 Å². The van der Waals surface area contributed by atoms with E-state index in [9.17, 15) is 9.59 Å². The Morgan fingerprint density at radius 3 is 2.25 bits per heavy atom. The number of methoxy groups -OCH3 is 2. The number of H-pyrrole nitrogens is 1. The number of esters is 1. The van der Waals surface area contributed by atoms with E-state index in [2.05, 4.69) is 14.8 Å². The van der Waals surface area contributed by atoms with Gasteiger partial charge in [-0.2, -0.15) is 0 Å². The zero-order valence-electron chi connectivity index (χ0n) is 16.1. The molecule has 0 unspecified atom stereocenters. The number of carbonyl (C=O) groups excluding carboxylic acids is 1. The number of hydrogen-bond acceptors (Lipinski definition) is 5. The fraction of sp³-hybridized carbons (Fsp3) is 0.190. The molecule has 144 valence electrons. The van der Waals surface area contributed by atoms with Gasteiger partial charge in [0.25, 0.3) is 5.56 Å². The molecule has 0 amide bonds. The molecule has 3 aromatic rings. The van der Waals surface area contributed by atoms with E-state index < -0.39 is 5.97 Å². The minimum absolute atomic E-state index is 0.185. The predicted octanol–water partition coefficient (Wildman–Crippen LogP) is 3.41. The standard InChI is InChI=1S/C21H21N3O4/c1-13(22-16-7-5-15(6-8-16)21(26)28-4)19-14(2)23-24(20(19)25)17-9-11-18(27-3)12-10-17/h5-12,23H,1-4H3. The van der Waals surface area contributed by atoms with Crippen molar-refractivity contribution in [2.75, 3.05) is 14.2 Å². The Kier molecular flexibility index (Phi) is 5.44. The van der Waals surface area contributed by atoms with Crippen LogP contribution in [0.4, 0.5) is 5.69 Å². The third-order valence-corrected chi connectivity index (χ3v) is 4.35. The van der Waals surface area contributed by atoms with Crippen LogP contribution < -0.4 is 10.3 Å². The number of aromatic nitrogens is 2. The number of aryl methyl sites for hydroxylation is 1. The van der Waals surface area contributed by atoms with Crippen LogP contribution in [0.1, 0.15) is 28.5 Å². The van der Waals surface area contributed by atoms with E-state index in [4.69, 9.17) is 4.74 Å². The molecule has 7 heteroatoms. The van der Waals surface area contributed by atoms with Gasteiger partial charge in [0.05, 0.1) is 42.4 Å². The monoisotopic (exact) mass is 379 g/mol. The largest absolute Gasteiger partial charge is 0.497 e. The highest BCUT2D eigenvalue weighted by Crippen LogP contribution is 2.17. The summed E-state index contributed by atoms with van der Waals surface area (Å²) in [7, 11) is 2.93. The van der Waals surface area contributed by atoms with Crippen LogP contribution >= 0.6 is 0 Å². The Balaban J connectivity index is 1.94. The molecule has 7 nitrogen and oxygen atoms in total. The second-order valence-corrected chi connectivity index (χ2v) is 6.19. The number of ether oxygens (including phenoxy) is 2. The second kappa shape index (κ2) is 7.96. The molecular weight excluding hydrogens is 358 g/mol. The number of carbonyl (C=O) groups is 1. The highest BCUT2D eigenvalue weighted by molar-refractivity contribution is 6.01. The number of nitrogens with one attached hydrogen (secondary N) is 1. The fourth-order valence-corrected chi connectivity index (χ4v) is 2.93. The summed E-state index contributed by atoms with van der Waals surface area (Å²) < 4.78 is 11.3. The van der Waals surface area contributed by atoms with E-state index in [-0.39, 0.29) is 5.56 Å². The lowest BCUT2D eigenvalue weighted by atomic mass is 10.1. The van der Waals surface area contributed by atoms with Gasteiger partial charge in [0, 0.05) is 5.69 Å². The smallest absolute Gasteiger partial charge is 0.337 e. The van der Waals surface area contributed by atoms with Crippen LogP contribution in [-0.4, -0.2) is 35.7 Å². The first-order chi connectivity index (χ1) is 13.4. The van der Waals surface area contributed by atoms with Crippen molar-refractivity contribution < 1.29 is 14.3 Å². The molecule has 1 heterocycles. The molecule has 28 heavy (non-hydrogen) atoms. The Bertz CT molecular complexity index is 1070. The fourth-order valence-electron chi connectivity index (χ4n) is 2.93. The third-order valence-electron chi connectivity index (χ3n) is 4.35. The Hall–Kier alpha value is -3.61. The van der Waals surface area contributed by atoms with Gasteiger partial charge in [0.15, 0.2) is 0 Å². The number of aliphatic imine (C=N–C) groups is 1. The maximum Gasteiger partial charge on any atom is 0.337 e. The maximum atomic E-state index is 12.9. The van der Waals surface area contributed by atoms with Crippen molar-refractivity contribution in [1.82, 2.24) is 9.78 Å². The van der Waals surface area contributed by atoms with Crippen LogP contribution in [0.2, 0.25) is 0 Å². The van der Waals surface area contributed by atoms with Crippen LogP contribution in [-0.2, 0) is 4.74 Å². The quantitative estimate of drug-likeness (QED) is 0.544. The van der Waals surface area contributed by atoms with Crippen LogP contribution in [0.5, 0.6) is 5.75 Å². The zero-order chi connectivity index (χ0) is 20.3. The van der Waals surface area contributed by atoms with Gasteiger partial charge in [0.2, 0.25) is 0 Å². The average Bonchev–Trinajstić information content (AvgIpc) is 3.02. The summed E-state index contributed by atoms with van der Waals surface area (Å²) in [6, 6.07) is 13.9. The van der Waals surface area contributed by atoms with Crippen LogP contribution in [0.3, 0.4) is 0 Å². The van der Waals surface area contributed by atoms with Crippen molar-refractivity contribution in [1.29, 1.82) is 0 Å². The molecule has 0 radical (unpaired) electrons.